The van der Waals surface area contributed by atoms with Crippen LogP contribution in [0, 0.1) is 12.7 Å². The molecule has 2 aromatic rings. The topological polar surface area (TPSA) is 22.3 Å². The first kappa shape index (κ1) is 12.6. The maximum atomic E-state index is 13.4. The number of nitrogens with one attached hydrogen (secondary N) is 1. The largest absolute Gasteiger partial charge is 0.358 e. The Morgan fingerprint density at radius 2 is 1.95 bits per heavy atom. The zero-order chi connectivity index (χ0) is 13.4. The molecule has 2 heterocycles. The van der Waals surface area contributed by atoms with E-state index < -0.39 is 0 Å². The molecule has 1 aromatic heterocycles. The highest BCUT2D eigenvalue weighted by Gasteiger charge is 2.17. The van der Waals surface area contributed by atoms with Crippen LogP contribution in [0.5, 0.6) is 0 Å². The van der Waals surface area contributed by atoms with Gasteiger partial charge in [0.15, 0.2) is 0 Å². The van der Waals surface area contributed by atoms with E-state index in [0.717, 1.165) is 49.3 Å². The number of aromatic amines is 1. The summed E-state index contributed by atoms with van der Waals surface area (Å²) < 4.78 is 13.4. The third kappa shape index (κ3) is 2.51. The van der Waals surface area contributed by atoms with Crippen LogP contribution in [0.25, 0.3) is 10.9 Å². The van der Waals surface area contributed by atoms with Gasteiger partial charge in [-0.2, -0.15) is 0 Å². The summed E-state index contributed by atoms with van der Waals surface area (Å²) in [5, 5.41) is 1.02. The van der Waals surface area contributed by atoms with Crippen LogP contribution in [0.2, 0.25) is 0 Å². The summed E-state index contributed by atoms with van der Waals surface area (Å²) in [4.78, 5) is 8.14. The van der Waals surface area contributed by atoms with Gasteiger partial charge in [-0.1, -0.05) is 0 Å². The molecule has 0 aliphatic carbocycles. The second kappa shape index (κ2) is 4.94. The number of likely N-dealkylation sites (N-methyl/N-ethyl adjacent to an activating group) is 1. The van der Waals surface area contributed by atoms with Gasteiger partial charge in [0.1, 0.15) is 5.82 Å². The summed E-state index contributed by atoms with van der Waals surface area (Å²) in [7, 11) is 2.16. The summed E-state index contributed by atoms with van der Waals surface area (Å²) in [5.74, 6) is -0.161. The molecular formula is C15H20FN3. The van der Waals surface area contributed by atoms with Crippen molar-refractivity contribution in [3.63, 3.8) is 0 Å². The van der Waals surface area contributed by atoms with Crippen molar-refractivity contribution in [2.75, 3.05) is 33.2 Å². The highest BCUT2D eigenvalue weighted by Crippen LogP contribution is 2.24. The number of aromatic nitrogens is 1. The van der Waals surface area contributed by atoms with Crippen molar-refractivity contribution >= 4 is 10.9 Å². The minimum atomic E-state index is -0.161. The molecular weight excluding hydrogens is 241 g/mol. The first-order valence-electron chi connectivity index (χ1n) is 6.81. The molecule has 1 N–H and O–H groups in total. The first-order valence-corrected chi connectivity index (χ1v) is 6.81. The molecule has 19 heavy (non-hydrogen) atoms. The van der Waals surface area contributed by atoms with E-state index >= 15 is 0 Å². The maximum Gasteiger partial charge on any atom is 0.123 e. The number of aryl methyl sites for hydroxylation is 1. The van der Waals surface area contributed by atoms with Crippen molar-refractivity contribution in [3.05, 3.63) is 35.3 Å². The molecule has 1 fully saturated rings. The molecule has 0 saturated carbocycles. The van der Waals surface area contributed by atoms with Gasteiger partial charge in [-0.25, -0.2) is 4.39 Å². The Morgan fingerprint density at radius 3 is 2.68 bits per heavy atom. The van der Waals surface area contributed by atoms with E-state index in [1.165, 1.54) is 11.6 Å². The monoisotopic (exact) mass is 261 g/mol. The zero-order valence-corrected chi connectivity index (χ0v) is 11.5. The van der Waals surface area contributed by atoms with Gasteiger partial charge in [-0.3, -0.25) is 4.90 Å². The average molecular weight is 261 g/mol. The van der Waals surface area contributed by atoms with Crippen molar-refractivity contribution < 1.29 is 4.39 Å². The maximum absolute atomic E-state index is 13.4. The van der Waals surface area contributed by atoms with Gasteiger partial charge < -0.3 is 9.88 Å². The van der Waals surface area contributed by atoms with Crippen LogP contribution < -0.4 is 0 Å². The molecule has 3 nitrogen and oxygen atoms in total. The number of benzene rings is 1. The van der Waals surface area contributed by atoms with Crippen LogP contribution in [0.1, 0.15) is 11.3 Å². The fourth-order valence-corrected chi connectivity index (χ4v) is 2.79. The van der Waals surface area contributed by atoms with E-state index in [2.05, 4.69) is 28.8 Å². The molecule has 0 spiro atoms. The number of nitrogens with zero attached hydrogens (tertiary/aromatic N) is 2. The van der Waals surface area contributed by atoms with Gasteiger partial charge in [0.05, 0.1) is 0 Å². The summed E-state index contributed by atoms with van der Waals surface area (Å²) in [6, 6.07) is 4.98. The minimum absolute atomic E-state index is 0.161. The van der Waals surface area contributed by atoms with Crippen LogP contribution in [0.15, 0.2) is 18.2 Å². The molecule has 1 saturated heterocycles. The lowest BCUT2D eigenvalue weighted by Gasteiger charge is -2.32. The number of halogens is 1. The average Bonchev–Trinajstić information content (AvgIpc) is 2.69. The molecule has 0 bridgehead atoms. The highest BCUT2D eigenvalue weighted by atomic mass is 19.1. The molecule has 0 amide bonds. The number of fused-ring (bicyclic) bond motifs is 1. The molecule has 102 valence electrons. The van der Waals surface area contributed by atoms with E-state index in [0.29, 0.717) is 0 Å². The molecule has 1 aliphatic heterocycles. The Labute approximate surface area is 113 Å². The SMILES string of the molecule is Cc1[nH]c2ccc(F)cc2c1CN1CCN(C)CC1. The lowest BCUT2D eigenvalue weighted by molar-refractivity contribution is 0.148. The molecule has 3 rings (SSSR count). The third-order valence-electron chi connectivity index (χ3n) is 4.06. The smallest absolute Gasteiger partial charge is 0.123 e. The van der Waals surface area contributed by atoms with Crippen LogP contribution >= 0.6 is 0 Å². The van der Waals surface area contributed by atoms with Crippen LogP contribution in [0.4, 0.5) is 4.39 Å². The van der Waals surface area contributed by atoms with Crippen LogP contribution in [0.3, 0.4) is 0 Å². The standard InChI is InChI=1S/C15H20FN3/c1-11-14(10-19-7-5-18(2)6-8-19)13-9-12(16)3-4-15(13)17-11/h3-4,9,17H,5-8,10H2,1-2H3. The summed E-state index contributed by atoms with van der Waals surface area (Å²) >= 11 is 0. The minimum Gasteiger partial charge on any atom is -0.358 e. The van der Waals surface area contributed by atoms with Gasteiger partial charge >= 0.3 is 0 Å². The van der Waals surface area contributed by atoms with Crippen molar-refractivity contribution in [1.82, 2.24) is 14.8 Å². The Morgan fingerprint density at radius 1 is 1.21 bits per heavy atom. The number of hydrogen-bond acceptors (Lipinski definition) is 2. The quantitative estimate of drug-likeness (QED) is 0.896. The second-order valence-corrected chi connectivity index (χ2v) is 5.50. The number of hydrogen-bond donors (Lipinski definition) is 1. The summed E-state index contributed by atoms with van der Waals surface area (Å²) in [6.07, 6.45) is 0. The number of H-pyrrole nitrogens is 1. The highest BCUT2D eigenvalue weighted by molar-refractivity contribution is 5.84. The van der Waals surface area contributed by atoms with E-state index in [1.807, 2.05) is 6.07 Å². The normalized spacial score (nSPS) is 18.3. The molecule has 0 atom stereocenters. The van der Waals surface area contributed by atoms with E-state index in [9.17, 15) is 4.39 Å². The number of rotatable bonds is 2. The Kier molecular flexibility index (Phi) is 3.29. The Hall–Kier alpha value is -1.39. The van der Waals surface area contributed by atoms with Crippen molar-refractivity contribution in [2.45, 2.75) is 13.5 Å². The van der Waals surface area contributed by atoms with Gasteiger partial charge in [0.2, 0.25) is 0 Å². The van der Waals surface area contributed by atoms with Crippen molar-refractivity contribution in [2.24, 2.45) is 0 Å². The van der Waals surface area contributed by atoms with E-state index in [1.54, 1.807) is 6.07 Å². The van der Waals surface area contributed by atoms with Crippen molar-refractivity contribution in [3.8, 4) is 0 Å². The predicted molar refractivity (Wildman–Crippen MR) is 75.8 cm³/mol. The molecule has 0 radical (unpaired) electrons. The van der Waals surface area contributed by atoms with Gasteiger partial charge in [0, 0.05) is 49.3 Å². The first-order chi connectivity index (χ1) is 9.13. The summed E-state index contributed by atoms with van der Waals surface area (Å²) in [6.45, 7) is 7.35. The molecule has 4 heteroatoms. The Balaban J connectivity index is 1.87. The van der Waals surface area contributed by atoms with Gasteiger partial charge in [-0.05, 0) is 37.7 Å². The summed E-state index contributed by atoms with van der Waals surface area (Å²) in [5.41, 5.74) is 3.42. The molecule has 1 aromatic carbocycles. The van der Waals surface area contributed by atoms with E-state index in [-0.39, 0.29) is 5.82 Å². The fourth-order valence-electron chi connectivity index (χ4n) is 2.79. The van der Waals surface area contributed by atoms with Gasteiger partial charge in [-0.15, -0.1) is 0 Å². The predicted octanol–water partition coefficient (Wildman–Crippen LogP) is 2.36. The van der Waals surface area contributed by atoms with E-state index in [4.69, 9.17) is 0 Å². The zero-order valence-electron chi connectivity index (χ0n) is 11.5. The third-order valence-corrected chi connectivity index (χ3v) is 4.06. The second-order valence-electron chi connectivity index (χ2n) is 5.50. The lowest BCUT2D eigenvalue weighted by Crippen LogP contribution is -2.43. The van der Waals surface area contributed by atoms with Crippen LogP contribution in [-0.2, 0) is 6.54 Å². The van der Waals surface area contributed by atoms with Crippen LogP contribution in [-0.4, -0.2) is 48.0 Å². The number of piperazine rings is 1. The Bertz CT molecular complexity index is 582. The molecule has 0 unspecified atom stereocenters. The van der Waals surface area contributed by atoms with Crippen molar-refractivity contribution in [1.29, 1.82) is 0 Å². The fraction of sp³-hybridized carbons (Fsp3) is 0.467. The lowest BCUT2D eigenvalue weighted by atomic mass is 10.1. The van der Waals surface area contributed by atoms with Gasteiger partial charge in [0.25, 0.3) is 0 Å². The molecule has 1 aliphatic rings.